The first-order valence-corrected chi connectivity index (χ1v) is 7.58. The van der Waals surface area contributed by atoms with E-state index in [1.165, 1.54) is 5.56 Å². The average Bonchev–Trinajstić information content (AvgIpc) is 2.60. The van der Waals surface area contributed by atoms with E-state index >= 15 is 0 Å². The average molecular weight is 312 g/mol. The molecule has 0 aromatic heterocycles. The van der Waals surface area contributed by atoms with Crippen LogP contribution in [0.15, 0.2) is 48.5 Å². The Balaban J connectivity index is 2.02. The highest BCUT2D eigenvalue weighted by Gasteiger charge is 2.35. The van der Waals surface area contributed by atoms with Gasteiger partial charge in [-0.15, -0.1) is 0 Å². The lowest BCUT2D eigenvalue weighted by Crippen LogP contribution is -2.49. The summed E-state index contributed by atoms with van der Waals surface area (Å²) in [6.45, 7) is 0.731. The number of fused-ring (bicyclic) bond motifs is 1. The second kappa shape index (κ2) is 6.30. The third kappa shape index (κ3) is 2.87. The third-order valence-corrected chi connectivity index (χ3v) is 4.36. The molecule has 23 heavy (non-hydrogen) atoms. The maximum Gasteiger partial charge on any atom is 0.322 e. The number of carboxylic acid groups (broad SMARTS) is 1. The van der Waals surface area contributed by atoms with Gasteiger partial charge in [0, 0.05) is 12.2 Å². The summed E-state index contributed by atoms with van der Waals surface area (Å²) in [7, 11) is 1.62. The molecule has 0 saturated carbocycles. The highest BCUT2D eigenvalue weighted by atomic mass is 16.5. The number of benzene rings is 2. The van der Waals surface area contributed by atoms with Crippen LogP contribution in [0.5, 0.6) is 5.75 Å². The fraction of sp³-hybridized carbons (Fsp3) is 0.278. The van der Waals surface area contributed by atoms with Crippen LogP contribution in [0.25, 0.3) is 0 Å². The molecule has 0 amide bonds. The number of nitrogens with two attached hydrogens (primary N) is 1. The summed E-state index contributed by atoms with van der Waals surface area (Å²) in [6.07, 6.45) is 0.866. The first-order chi connectivity index (χ1) is 11.1. The Kier molecular flexibility index (Phi) is 4.21. The van der Waals surface area contributed by atoms with Crippen molar-refractivity contribution in [3.8, 4) is 5.75 Å². The quantitative estimate of drug-likeness (QED) is 0.905. The van der Waals surface area contributed by atoms with Crippen LogP contribution < -0.4 is 15.4 Å². The molecule has 5 heteroatoms. The van der Waals surface area contributed by atoms with Crippen molar-refractivity contribution in [2.45, 2.75) is 18.5 Å². The molecule has 0 fully saturated rings. The van der Waals surface area contributed by atoms with E-state index in [4.69, 9.17) is 10.5 Å². The van der Waals surface area contributed by atoms with E-state index in [0.717, 1.165) is 30.0 Å². The number of nitrogens with zero attached hydrogens (tertiary/aromatic N) is 1. The molecule has 3 rings (SSSR count). The maximum atomic E-state index is 11.5. The number of carbonyl (C=O) groups is 1. The lowest BCUT2D eigenvalue weighted by atomic mass is 9.88. The summed E-state index contributed by atoms with van der Waals surface area (Å²) in [4.78, 5) is 13.6. The Labute approximate surface area is 135 Å². The monoisotopic (exact) mass is 312 g/mol. The first kappa shape index (κ1) is 15.4. The molecule has 3 N–H and O–H groups in total. The van der Waals surface area contributed by atoms with E-state index in [2.05, 4.69) is 4.90 Å². The number of hydrogen-bond acceptors (Lipinski definition) is 4. The Hall–Kier alpha value is -2.53. The predicted octanol–water partition coefficient (Wildman–Crippen LogP) is 2.21. The van der Waals surface area contributed by atoms with Crippen molar-refractivity contribution in [3.63, 3.8) is 0 Å². The van der Waals surface area contributed by atoms with Crippen LogP contribution >= 0.6 is 0 Å². The van der Waals surface area contributed by atoms with Gasteiger partial charge in [-0.05, 0) is 41.8 Å². The van der Waals surface area contributed by atoms with Crippen LogP contribution in [0.3, 0.4) is 0 Å². The number of aliphatic carboxylic acids is 1. The summed E-state index contributed by atoms with van der Waals surface area (Å²) in [5, 5.41) is 9.44. The van der Waals surface area contributed by atoms with Gasteiger partial charge in [0.2, 0.25) is 0 Å². The molecule has 1 heterocycles. The number of hydrogen-bond donors (Lipinski definition) is 2. The molecule has 0 saturated heterocycles. The SMILES string of the molecule is COc1ccc(N2CCc3ccccc3C2C(N)C(=O)O)cc1. The molecular weight excluding hydrogens is 292 g/mol. The van der Waals surface area contributed by atoms with Crippen LogP contribution in [-0.4, -0.2) is 30.8 Å². The summed E-state index contributed by atoms with van der Waals surface area (Å²) < 4.78 is 5.19. The Morgan fingerprint density at radius 1 is 1.26 bits per heavy atom. The lowest BCUT2D eigenvalue weighted by molar-refractivity contribution is -0.139. The molecule has 2 aromatic rings. The summed E-state index contributed by atoms with van der Waals surface area (Å²) in [6, 6.07) is 14.2. The van der Waals surface area contributed by atoms with Gasteiger partial charge in [-0.1, -0.05) is 24.3 Å². The van der Waals surface area contributed by atoms with E-state index in [0.29, 0.717) is 0 Å². The standard InChI is InChI=1S/C18H20N2O3/c1-23-14-8-6-13(7-9-14)20-11-10-12-4-2-3-5-15(12)17(20)16(19)18(21)22/h2-9,16-17H,10-11,19H2,1H3,(H,21,22). The summed E-state index contributed by atoms with van der Waals surface area (Å²) in [5.74, 6) is -0.226. The van der Waals surface area contributed by atoms with E-state index in [1.807, 2.05) is 48.5 Å². The van der Waals surface area contributed by atoms with Crippen molar-refractivity contribution in [2.75, 3.05) is 18.6 Å². The number of anilines is 1. The van der Waals surface area contributed by atoms with E-state index in [-0.39, 0.29) is 6.04 Å². The topological polar surface area (TPSA) is 75.8 Å². The van der Waals surface area contributed by atoms with Crippen molar-refractivity contribution >= 4 is 11.7 Å². The smallest absolute Gasteiger partial charge is 0.322 e. The van der Waals surface area contributed by atoms with Crippen LogP contribution in [0, 0.1) is 0 Å². The normalized spacial score (nSPS) is 18.2. The van der Waals surface area contributed by atoms with Crippen LogP contribution in [0.4, 0.5) is 5.69 Å². The van der Waals surface area contributed by atoms with Crippen molar-refractivity contribution in [1.29, 1.82) is 0 Å². The number of rotatable bonds is 4. The predicted molar refractivity (Wildman–Crippen MR) is 88.8 cm³/mol. The molecule has 2 unspecified atom stereocenters. The third-order valence-electron chi connectivity index (χ3n) is 4.36. The van der Waals surface area contributed by atoms with Crippen molar-refractivity contribution in [1.82, 2.24) is 0 Å². The van der Waals surface area contributed by atoms with Crippen molar-refractivity contribution in [2.24, 2.45) is 5.73 Å². The van der Waals surface area contributed by atoms with Gasteiger partial charge in [0.1, 0.15) is 11.8 Å². The van der Waals surface area contributed by atoms with E-state index < -0.39 is 12.0 Å². The molecule has 0 bridgehead atoms. The van der Waals surface area contributed by atoms with Gasteiger partial charge in [0.25, 0.3) is 0 Å². The zero-order valence-corrected chi connectivity index (χ0v) is 13.0. The largest absolute Gasteiger partial charge is 0.497 e. The fourth-order valence-corrected chi connectivity index (χ4v) is 3.18. The molecule has 0 aliphatic carbocycles. The highest BCUT2D eigenvalue weighted by molar-refractivity contribution is 5.76. The first-order valence-electron chi connectivity index (χ1n) is 7.58. The number of carboxylic acids is 1. The van der Waals surface area contributed by atoms with Gasteiger partial charge in [-0.2, -0.15) is 0 Å². The zero-order valence-electron chi connectivity index (χ0n) is 13.0. The molecule has 0 radical (unpaired) electrons. The molecule has 120 valence electrons. The maximum absolute atomic E-state index is 11.5. The highest BCUT2D eigenvalue weighted by Crippen LogP contribution is 2.36. The van der Waals surface area contributed by atoms with Gasteiger partial charge in [-0.3, -0.25) is 4.79 Å². The van der Waals surface area contributed by atoms with Gasteiger partial charge in [-0.25, -0.2) is 0 Å². The lowest BCUT2D eigenvalue weighted by Gasteiger charge is -2.40. The molecular formula is C18H20N2O3. The minimum Gasteiger partial charge on any atom is -0.497 e. The Morgan fingerprint density at radius 3 is 2.61 bits per heavy atom. The van der Waals surface area contributed by atoms with E-state index in [1.54, 1.807) is 7.11 Å². The second-order valence-corrected chi connectivity index (χ2v) is 5.65. The minimum absolute atomic E-state index is 0.383. The minimum atomic E-state index is -0.995. The molecule has 2 atom stereocenters. The zero-order chi connectivity index (χ0) is 16.4. The van der Waals surface area contributed by atoms with Gasteiger partial charge in [0.05, 0.1) is 13.2 Å². The summed E-state index contributed by atoms with van der Waals surface area (Å²) in [5.41, 5.74) is 9.13. The number of methoxy groups -OCH3 is 1. The molecule has 2 aromatic carbocycles. The Morgan fingerprint density at radius 2 is 1.96 bits per heavy atom. The molecule has 0 spiro atoms. The van der Waals surface area contributed by atoms with Crippen LogP contribution in [0.2, 0.25) is 0 Å². The van der Waals surface area contributed by atoms with Gasteiger partial charge in [0.15, 0.2) is 0 Å². The summed E-state index contributed by atoms with van der Waals surface area (Å²) >= 11 is 0. The number of ether oxygens (including phenoxy) is 1. The molecule has 5 nitrogen and oxygen atoms in total. The van der Waals surface area contributed by atoms with Crippen molar-refractivity contribution < 1.29 is 14.6 Å². The van der Waals surface area contributed by atoms with Gasteiger partial charge < -0.3 is 20.5 Å². The Bertz CT molecular complexity index is 700. The van der Waals surface area contributed by atoms with Crippen LogP contribution in [0.1, 0.15) is 17.2 Å². The molecule has 1 aliphatic rings. The second-order valence-electron chi connectivity index (χ2n) is 5.65. The van der Waals surface area contributed by atoms with Gasteiger partial charge >= 0.3 is 5.97 Å². The van der Waals surface area contributed by atoms with Crippen LogP contribution in [-0.2, 0) is 11.2 Å². The van der Waals surface area contributed by atoms with E-state index in [9.17, 15) is 9.90 Å². The fourth-order valence-electron chi connectivity index (χ4n) is 3.18. The molecule has 1 aliphatic heterocycles. The van der Waals surface area contributed by atoms with Crippen molar-refractivity contribution in [3.05, 3.63) is 59.7 Å².